The third-order valence-electron chi connectivity index (χ3n) is 2.80. The van der Waals surface area contributed by atoms with Crippen molar-refractivity contribution < 1.29 is 9.94 Å². The fraction of sp³-hybridized carbons (Fsp3) is 0.500. The Morgan fingerprint density at radius 2 is 2.16 bits per heavy atom. The van der Waals surface area contributed by atoms with Crippen molar-refractivity contribution in [1.29, 1.82) is 0 Å². The lowest BCUT2D eigenvalue weighted by Crippen LogP contribution is -2.28. The molecule has 0 heterocycles. The minimum atomic E-state index is 0.0544. The second-order valence-corrected chi connectivity index (χ2v) is 4.26. The monoisotopic (exact) mass is 265 g/mol. The third kappa shape index (κ3) is 6.22. The van der Waals surface area contributed by atoms with Crippen molar-refractivity contribution in [2.45, 2.75) is 25.8 Å². The molecule has 5 heteroatoms. The minimum absolute atomic E-state index is 0.0544. The summed E-state index contributed by atoms with van der Waals surface area (Å²) in [5, 5.41) is 15.1. The van der Waals surface area contributed by atoms with Gasteiger partial charge in [0.1, 0.15) is 5.84 Å². The molecule has 0 saturated carbocycles. The molecular formula is C14H23N3O2. The van der Waals surface area contributed by atoms with Crippen LogP contribution in [0.4, 0.5) is 0 Å². The summed E-state index contributed by atoms with van der Waals surface area (Å²) >= 11 is 0. The fourth-order valence-corrected chi connectivity index (χ4v) is 1.84. The first-order chi connectivity index (χ1) is 9.27. The molecule has 0 bridgehead atoms. The SMILES string of the molecule is CCOCCCNC(CC(N)=NO)c1ccccc1. The van der Waals surface area contributed by atoms with Crippen LogP contribution in [0.2, 0.25) is 0 Å². The van der Waals surface area contributed by atoms with Crippen molar-refractivity contribution in [3.8, 4) is 0 Å². The van der Waals surface area contributed by atoms with Crippen molar-refractivity contribution in [2.24, 2.45) is 10.9 Å². The quantitative estimate of drug-likeness (QED) is 0.209. The van der Waals surface area contributed by atoms with Crippen molar-refractivity contribution in [1.82, 2.24) is 5.32 Å². The molecular weight excluding hydrogens is 242 g/mol. The summed E-state index contributed by atoms with van der Waals surface area (Å²) in [6, 6.07) is 10.1. The van der Waals surface area contributed by atoms with Gasteiger partial charge in [0.05, 0.1) is 0 Å². The van der Waals surface area contributed by atoms with E-state index in [1.165, 1.54) is 0 Å². The van der Waals surface area contributed by atoms with Gasteiger partial charge < -0.3 is 21.0 Å². The number of hydrogen-bond acceptors (Lipinski definition) is 4. The van der Waals surface area contributed by atoms with E-state index in [0.717, 1.165) is 31.7 Å². The predicted molar refractivity (Wildman–Crippen MR) is 76.3 cm³/mol. The number of hydrogen-bond donors (Lipinski definition) is 3. The zero-order chi connectivity index (χ0) is 13.9. The number of nitrogens with one attached hydrogen (secondary N) is 1. The molecule has 0 saturated heterocycles. The Bertz CT molecular complexity index is 368. The van der Waals surface area contributed by atoms with Gasteiger partial charge in [0.15, 0.2) is 0 Å². The van der Waals surface area contributed by atoms with Crippen LogP contribution in [0.25, 0.3) is 0 Å². The van der Waals surface area contributed by atoms with Crippen LogP contribution < -0.4 is 11.1 Å². The fourth-order valence-electron chi connectivity index (χ4n) is 1.84. The molecule has 1 atom stereocenters. The highest BCUT2D eigenvalue weighted by Gasteiger charge is 2.12. The summed E-state index contributed by atoms with van der Waals surface area (Å²) in [6.07, 6.45) is 1.42. The lowest BCUT2D eigenvalue weighted by atomic mass is 10.0. The summed E-state index contributed by atoms with van der Waals surface area (Å²) in [5.74, 6) is 0.228. The zero-order valence-corrected chi connectivity index (χ0v) is 11.4. The van der Waals surface area contributed by atoms with Gasteiger partial charge in [-0.25, -0.2) is 0 Å². The number of oxime groups is 1. The Morgan fingerprint density at radius 3 is 2.79 bits per heavy atom. The highest BCUT2D eigenvalue weighted by molar-refractivity contribution is 5.80. The first kappa shape index (κ1) is 15.5. The van der Waals surface area contributed by atoms with E-state index < -0.39 is 0 Å². The van der Waals surface area contributed by atoms with Gasteiger partial charge in [-0.05, 0) is 25.5 Å². The van der Waals surface area contributed by atoms with Gasteiger partial charge >= 0.3 is 0 Å². The van der Waals surface area contributed by atoms with Crippen LogP contribution in [0, 0.1) is 0 Å². The molecule has 106 valence electrons. The van der Waals surface area contributed by atoms with E-state index in [1.807, 2.05) is 37.3 Å². The normalized spacial score (nSPS) is 13.4. The van der Waals surface area contributed by atoms with Crippen LogP contribution >= 0.6 is 0 Å². The second-order valence-electron chi connectivity index (χ2n) is 4.26. The molecule has 4 N–H and O–H groups in total. The van der Waals surface area contributed by atoms with Gasteiger partial charge in [0.2, 0.25) is 0 Å². The molecule has 0 aromatic heterocycles. The molecule has 0 spiro atoms. The number of nitrogens with zero attached hydrogens (tertiary/aromatic N) is 1. The molecule has 0 aliphatic carbocycles. The standard InChI is InChI=1S/C14H23N3O2/c1-2-19-10-6-9-16-13(11-14(15)17-18)12-7-4-3-5-8-12/h3-5,7-8,13,16,18H,2,6,9-11H2,1H3,(H2,15,17). The lowest BCUT2D eigenvalue weighted by Gasteiger charge is -2.18. The number of benzene rings is 1. The van der Waals surface area contributed by atoms with E-state index in [9.17, 15) is 0 Å². The van der Waals surface area contributed by atoms with Gasteiger partial charge in [-0.1, -0.05) is 35.5 Å². The Hall–Kier alpha value is -1.59. The molecule has 0 aliphatic heterocycles. The molecule has 0 fully saturated rings. The highest BCUT2D eigenvalue weighted by atomic mass is 16.5. The molecule has 1 aromatic rings. The van der Waals surface area contributed by atoms with E-state index in [2.05, 4.69) is 10.5 Å². The van der Waals surface area contributed by atoms with Crippen molar-refractivity contribution in [3.63, 3.8) is 0 Å². The van der Waals surface area contributed by atoms with Gasteiger partial charge in [0, 0.05) is 25.7 Å². The number of rotatable bonds is 9. The summed E-state index contributed by atoms with van der Waals surface area (Å²) in [7, 11) is 0. The average Bonchev–Trinajstić information content (AvgIpc) is 2.46. The van der Waals surface area contributed by atoms with Crippen molar-refractivity contribution in [2.75, 3.05) is 19.8 Å². The van der Waals surface area contributed by atoms with Crippen molar-refractivity contribution in [3.05, 3.63) is 35.9 Å². The summed E-state index contributed by atoms with van der Waals surface area (Å²) in [4.78, 5) is 0. The second kappa shape index (κ2) is 9.35. The first-order valence-electron chi connectivity index (χ1n) is 6.60. The molecule has 0 radical (unpaired) electrons. The molecule has 0 amide bonds. The van der Waals surface area contributed by atoms with Gasteiger partial charge in [-0.2, -0.15) is 0 Å². The first-order valence-corrected chi connectivity index (χ1v) is 6.60. The Labute approximate surface area is 114 Å². The lowest BCUT2D eigenvalue weighted by molar-refractivity contribution is 0.144. The largest absolute Gasteiger partial charge is 0.409 e. The summed E-state index contributed by atoms with van der Waals surface area (Å²) < 4.78 is 5.29. The summed E-state index contributed by atoms with van der Waals surface area (Å²) in [5.41, 5.74) is 6.73. The van der Waals surface area contributed by atoms with E-state index in [4.69, 9.17) is 15.7 Å². The molecule has 0 aliphatic rings. The topological polar surface area (TPSA) is 79.9 Å². The van der Waals surface area contributed by atoms with Gasteiger partial charge in [-0.3, -0.25) is 0 Å². The maximum absolute atomic E-state index is 8.69. The zero-order valence-electron chi connectivity index (χ0n) is 11.4. The number of ether oxygens (including phenoxy) is 1. The molecule has 5 nitrogen and oxygen atoms in total. The Balaban J connectivity index is 2.50. The smallest absolute Gasteiger partial charge is 0.141 e. The van der Waals surface area contributed by atoms with Gasteiger partial charge in [-0.15, -0.1) is 0 Å². The van der Waals surface area contributed by atoms with Crippen LogP contribution in [0.3, 0.4) is 0 Å². The van der Waals surface area contributed by atoms with Crippen LogP contribution in [0.15, 0.2) is 35.5 Å². The summed E-state index contributed by atoms with van der Waals surface area (Å²) in [6.45, 7) is 4.30. The molecule has 19 heavy (non-hydrogen) atoms. The predicted octanol–water partition coefficient (Wildman–Crippen LogP) is 1.88. The van der Waals surface area contributed by atoms with Crippen LogP contribution in [-0.2, 0) is 4.74 Å². The minimum Gasteiger partial charge on any atom is -0.409 e. The number of nitrogens with two attached hydrogens (primary N) is 1. The van der Waals surface area contributed by atoms with E-state index >= 15 is 0 Å². The molecule has 1 unspecified atom stereocenters. The van der Waals surface area contributed by atoms with E-state index in [-0.39, 0.29) is 11.9 Å². The van der Waals surface area contributed by atoms with Crippen LogP contribution in [0.5, 0.6) is 0 Å². The van der Waals surface area contributed by atoms with E-state index in [0.29, 0.717) is 6.42 Å². The number of amidine groups is 1. The Morgan fingerprint density at radius 1 is 1.42 bits per heavy atom. The third-order valence-corrected chi connectivity index (χ3v) is 2.80. The maximum Gasteiger partial charge on any atom is 0.141 e. The highest BCUT2D eigenvalue weighted by Crippen LogP contribution is 2.16. The maximum atomic E-state index is 8.69. The van der Waals surface area contributed by atoms with Gasteiger partial charge in [0.25, 0.3) is 0 Å². The van der Waals surface area contributed by atoms with Crippen molar-refractivity contribution >= 4 is 5.84 Å². The van der Waals surface area contributed by atoms with E-state index in [1.54, 1.807) is 0 Å². The van der Waals surface area contributed by atoms with Crippen LogP contribution in [0.1, 0.15) is 31.4 Å². The Kier molecular flexibility index (Phi) is 7.62. The molecule has 1 rings (SSSR count). The average molecular weight is 265 g/mol. The van der Waals surface area contributed by atoms with Crippen LogP contribution in [-0.4, -0.2) is 30.8 Å². The molecule has 1 aromatic carbocycles.